The number of pyridine rings is 1. The standard InChI is InChI=1S/C37H57N5O2.C2H6/c1-36-18-5-4-8-26(36)13-15-29-30-16-14-27(37(30,2)19-17-31(29)36)9-6-12-33(43)42-22-20-41(21-23-42)25-28-10-7-11-32(39-28)35-38-24-34(44)40(35)3;1-2/h7,10-11,26-27,29-31,35,38H,4-6,8-9,12-25H2,1-3H3;1-2H3. The van der Waals surface area contributed by atoms with E-state index >= 15 is 0 Å². The highest BCUT2D eigenvalue weighted by Gasteiger charge is 2.59. The summed E-state index contributed by atoms with van der Waals surface area (Å²) in [5.41, 5.74) is 3.06. The largest absolute Gasteiger partial charge is 0.340 e. The van der Waals surface area contributed by atoms with E-state index in [2.05, 4.69) is 35.0 Å². The smallest absolute Gasteiger partial charge is 0.237 e. The van der Waals surface area contributed by atoms with Crippen molar-refractivity contribution in [2.75, 3.05) is 39.8 Å². The van der Waals surface area contributed by atoms with Gasteiger partial charge < -0.3 is 9.80 Å². The first kappa shape index (κ1) is 33.9. The maximum Gasteiger partial charge on any atom is 0.237 e. The Morgan fingerprint density at radius 2 is 1.72 bits per heavy atom. The Bertz CT molecular complexity index is 1210. The van der Waals surface area contributed by atoms with Crippen molar-refractivity contribution in [1.82, 2.24) is 25.0 Å². The molecule has 0 aromatic carbocycles. The molecule has 8 unspecified atom stereocenters. The van der Waals surface area contributed by atoms with Crippen molar-refractivity contribution in [1.29, 1.82) is 0 Å². The Labute approximate surface area is 279 Å². The SMILES string of the molecule is CC.CN1C(=O)CNC1c1cccc(CN2CCN(C(=O)CCCC3CCC4C5CCC6CCCCC6(C)C5CCC34C)CC2)n1. The second-order valence-corrected chi connectivity index (χ2v) is 16.1. The number of fused-ring (bicyclic) bond motifs is 5. The van der Waals surface area contributed by atoms with Crippen LogP contribution in [0.3, 0.4) is 0 Å². The highest BCUT2D eigenvalue weighted by atomic mass is 16.2. The summed E-state index contributed by atoms with van der Waals surface area (Å²) < 4.78 is 0. The number of hydrogen-bond acceptors (Lipinski definition) is 5. The molecule has 7 nitrogen and oxygen atoms in total. The van der Waals surface area contributed by atoms with Crippen LogP contribution in [0.15, 0.2) is 18.2 Å². The molecule has 0 bridgehead atoms. The summed E-state index contributed by atoms with van der Waals surface area (Å²) in [6.45, 7) is 13.9. The van der Waals surface area contributed by atoms with Gasteiger partial charge in [0.15, 0.2) is 0 Å². The highest BCUT2D eigenvalue weighted by molar-refractivity contribution is 5.80. The molecular weight excluding hydrogens is 570 g/mol. The number of nitrogens with zero attached hydrogens (tertiary/aromatic N) is 4. The van der Waals surface area contributed by atoms with E-state index in [-0.39, 0.29) is 12.1 Å². The van der Waals surface area contributed by atoms with E-state index in [1.165, 1.54) is 70.6 Å². The summed E-state index contributed by atoms with van der Waals surface area (Å²) in [6.07, 6.45) is 17.6. The Kier molecular flexibility index (Phi) is 10.5. The molecule has 6 fully saturated rings. The van der Waals surface area contributed by atoms with Gasteiger partial charge in [0.25, 0.3) is 0 Å². The lowest BCUT2D eigenvalue weighted by Crippen LogP contribution is -2.52. The topological polar surface area (TPSA) is 68.8 Å². The van der Waals surface area contributed by atoms with Crippen LogP contribution in [0.5, 0.6) is 0 Å². The molecule has 6 aliphatic rings. The number of aromatic nitrogens is 1. The molecular formula is C39H63N5O2. The quantitative estimate of drug-likeness (QED) is 0.349. The normalized spacial score (nSPS) is 37.6. The van der Waals surface area contributed by atoms with Gasteiger partial charge in [-0.25, -0.2) is 0 Å². The van der Waals surface area contributed by atoms with E-state index in [1.54, 1.807) is 4.90 Å². The van der Waals surface area contributed by atoms with Crippen molar-refractivity contribution in [3.05, 3.63) is 29.6 Å². The lowest BCUT2D eigenvalue weighted by Gasteiger charge is -2.60. The van der Waals surface area contributed by atoms with Gasteiger partial charge in [-0.15, -0.1) is 0 Å². The lowest BCUT2D eigenvalue weighted by molar-refractivity contribution is -0.133. The van der Waals surface area contributed by atoms with E-state index in [0.717, 1.165) is 80.1 Å². The maximum atomic E-state index is 13.3. The predicted octanol–water partition coefficient (Wildman–Crippen LogP) is 7.03. The van der Waals surface area contributed by atoms with Gasteiger partial charge in [0.2, 0.25) is 11.8 Å². The fourth-order valence-corrected chi connectivity index (χ4v) is 11.6. The zero-order valence-corrected chi connectivity index (χ0v) is 29.7. The number of rotatable bonds is 7. The van der Waals surface area contributed by atoms with E-state index in [9.17, 15) is 9.59 Å². The summed E-state index contributed by atoms with van der Waals surface area (Å²) in [5, 5.41) is 3.25. The molecule has 1 aromatic rings. The lowest BCUT2D eigenvalue weighted by atomic mass is 9.45. The van der Waals surface area contributed by atoms with Crippen LogP contribution in [0.1, 0.15) is 129 Å². The van der Waals surface area contributed by atoms with Crippen molar-refractivity contribution in [3.8, 4) is 0 Å². The van der Waals surface area contributed by atoms with Gasteiger partial charge in [-0.05, 0) is 117 Å². The minimum absolute atomic E-state index is 0.0998. The van der Waals surface area contributed by atoms with Crippen LogP contribution in [0, 0.1) is 40.4 Å². The number of hydrogen-bond donors (Lipinski definition) is 1. The van der Waals surface area contributed by atoms with Crippen LogP contribution in [-0.4, -0.2) is 71.3 Å². The van der Waals surface area contributed by atoms with Gasteiger partial charge in [0.1, 0.15) is 6.17 Å². The summed E-state index contributed by atoms with van der Waals surface area (Å²) in [7, 11) is 1.83. The Morgan fingerprint density at radius 1 is 0.935 bits per heavy atom. The average molecular weight is 634 g/mol. The van der Waals surface area contributed by atoms with Crippen LogP contribution in [0.4, 0.5) is 0 Å². The van der Waals surface area contributed by atoms with E-state index in [4.69, 9.17) is 4.98 Å². The molecule has 7 rings (SSSR count). The molecule has 3 heterocycles. The van der Waals surface area contributed by atoms with Crippen molar-refractivity contribution >= 4 is 11.8 Å². The third-order valence-corrected chi connectivity index (χ3v) is 14.2. The first-order valence-corrected chi connectivity index (χ1v) is 19.2. The van der Waals surface area contributed by atoms with E-state index < -0.39 is 0 Å². The number of carbonyl (C=O) groups excluding carboxylic acids is 2. The van der Waals surface area contributed by atoms with Crippen LogP contribution < -0.4 is 5.32 Å². The van der Waals surface area contributed by atoms with E-state index in [1.807, 2.05) is 33.0 Å². The van der Waals surface area contributed by atoms with Crippen LogP contribution >= 0.6 is 0 Å². The van der Waals surface area contributed by atoms with Gasteiger partial charge >= 0.3 is 0 Å². The molecule has 0 spiro atoms. The fraction of sp³-hybridized carbons (Fsp3) is 0.821. The minimum Gasteiger partial charge on any atom is -0.340 e. The molecule has 1 aromatic heterocycles. The van der Waals surface area contributed by atoms with Crippen molar-refractivity contribution < 1.29 is 9.59 Å². The number of nitrogens with one attached hydrogen (secondary N) is 1. The van der Waals surface area contributed by atoms with E-state index in [0.29, 0.717) is 29.7 Å². The van der Waals surface area contributed by atoms with Gasteiger partial charge in [-0.2, -0.15) is 0 Å². The fourth-order valence-electron chi connectivity index (χ4n) is 11.6. The predicted molar refractivity (Wildman–Crippen MR) is 185 cm³/mol. The van der Waals surface area contributed by atoms with Gasteiger partial charge in [0, 0.05) is 46.2 Å². The molecule has 8 atom stereocenters. The Morgan fingerprint density at radius 3 is 2.48 bits per heavy atom. The molecule has 7 heteroatoms. The number of carbonyl (C=O) groups is 2. The molecule has 46 heavy (non-hydrogen) atoms. The molecule has 2 amide bonds. The molecule has 1 N–H and O–H groups in total. The van der Waals surface area contributed by atoms with Crippen molar-refractivity contribution in [2.24, 2.45) is 40.4 Å². The third-order valence-electron chi connectivity index (χ3n) is 14.2. The number of likely N-dealkylation sites (N-methyl/N-ethyl adjacent to an activating group) is 1. The molecule has 2 aliphatic heterocycles. The first-order chi connectivity index (χ1) is 22.3. The van der Waals surface area contributed by atoms with Gasteiger partial charge in [-0.1, -0.05) is 46.6 Å². The molecule has 256 valence electrons. The Hall–Kier alpha value is -1.99. The van der Waals surface area contributed by atoms with Crippen molar-refractivity contribution in [2.45, 2.75) is 124 Å². The summed E-state index contributed by atoms with van der Waals surface area (Å²) in [5.74, 6) is 5.16. The monoisotopic (exact) mass is 633 g/mol. The zero-order chi connectivity index (χ0) is 32.5. The number of amides is 2. The maximum absolute atomic E-state index is 13.3. The minimum atomic E-state index is -0.148. The summed E-state index contributed by atoms with van der Waals surface area (Å²) >= 11 is 0. The second-order valence-electron chi connectivity index (χ2n) is 16.1. The van der Waals surface area contributed by atoms with Crippen LogP contribution in [0.2, 0.25) is 0 Å². The van der Waals surface area contributed by atoms with Crippen LogP contribution in [0.25, 0.3) is 0 Å². The summed E-state index contributed by atoms with van der Waals surface area (Å²) in [6, 6.07) is 6.10. The third kappa shape index (κ3) is 6.41. The summed E-state index contributed by atoms with van der Waals surface area (Å²) in [4.78, 5) is 36.3. The number of piperazine rings is 1. The van der Waals surface area contributed by atoms with Crippen LogP contribution in [-0.2, 0) is 16.1 Å². The molecule has 4 saturated carbocycles. The van der Waals surface area contributed by atoms with Crippen molar-refractivity contribution in [3.63, 3.8) is 0 Å². The van der Waals surface area contributed by atoms with Gasteiger partial charge in [0.05, 0.1) is 17.9 Å². The molecule has 2 saturated heterocycles. The molecule has 0 radical (unpaired) electrons. The highest BCUT2D eigenvalue weighted by Crippen LogP contribution is 2.67. The first-order valence-electron chi connectivity index (χ1n) is 19.2. The van der Waals surface area contributed by atoms with Gasteiger partial charge in [-0.3, -0.25) is 24.8 Å². The molecule has 4 aliphatic carbocycles. The average Bonchev–Trinajstić information content (AvgIpc) is 3.59. The second kappa shape index (κ2) is 14.2. The zero-order valence-electron chi connectivity index (χ0n) is 29.7. The Balaban J connectivity index is 0.00000182.